The van der Waals surface area contributed by atoms with Crippen molar-refractivity contribution in [2.75, 3.05) is 0 Å². The predicted octanol–water partition coefficient (Wildman–Crippen LogP) is 5.59. The molecule has 3 atom stereocenters. The lowest BCUT2D eigenvalue weighted by atomic mass is 9.81. The topological polar surface area (TPSA) is 63.6 Å². The summed E-state index contributed by atoms with van der Waals surface area (Å²) in [5.41, 5.74) is 0. The van der Waals surface area contributed by atoms with Crippen LogP contribution in [0, 0.1) is 17.8 Å². The fraction of sp³-hybridized carbons (Fsp3) is 0.905. The van der Waals surface area contributed by atoms with Crippen molar-refractivity contribution in [2.45, 2.75) is 104 Å². The van der Waals surface area contributed by atoms with Crippen molar-refractivity contribution in [1.29, 1.82) is 0 Å². The second kappa shape index (κ2) is 12.3. The van der Waals surface area contributed by atoms with Crippen LogP contribution < -0.4 is 0 Å². The minimum Gasteiger partial charge on any atom is -0.481 e. The fourth-order valence-corrected chi connectivity index (χ4v) is 3.69. The standard InChI is InChI=1S/C21H38O4/c1-4-19(14-9-7-5-6-8-11-16(2)3)25-21(24)18-13-10-12-17(15-18)20(22)23/h16-19H,4-15H2,1-3H3,(H,22,23). The van der Waals surface area contributed by atoms with Crippen LogP contribution in [0.4, 0.5) is 0 Å². The van der Waals surface area contributed by atoms with E-state index >= 15 is 0 Å². The van der Waals surface area contributed by atoms with Crippen LogP contribution in [-0.2, 0) is 14.3 Å². The number of esters is 1. The lowest BCUT2D eigenvalue weighted by Crippen LogP contribution is -2.30. The summed E-state index contributed by atoms with van der Waals surface area (Å²) in [7, 11) is 0. The Bertz CT molecular complexity index is 391. The Labute approximate surface area is 153 Å². The zero-order valence-corrected chi connectivity index (χ0v) is 16.5. The van der Waals surface area contributed by atoms with Crippen molar-refractivity contribution in [3.63, 3.8) is 0 Å². The molecule has 0 aliphatic heterocycles. The van der Waals surface area contributed by atoms with Gasteiger partial charge in [0.15, 0.2) is 0 Å². The van der Waals surface area contributed by atoms with Crippen LogP contribution >= 0.6 is 0 Å². The first-order valence-electron chi connectivity index (χ1n) is 10.4. The molecule has 0 aromatic heterocycles. The molecular weight excluding hydrogens is 316 g/mol. The maximum absolute atomic E-state index is 12.4. The van der Waals surface area contributed by atoms with Crippen LogP contribution in [0.25, 0.3) is 0 Å². The van der Waals surface area contributed by atoms with Gasteiger partial charge in [-0.25, -0.2) is 0 Å². The molecule has 4 nitrogen and oxygen atoms in total. The third kappa shape index (κ3) is 9.27. The largest absolute Gasteiger partial charge is 0.481 e. The Morgan fingerprint density at radius 3 is 2.20 bits per heavy atom. The number of hydrogen-bond acceptors (Lipinski definition) is 3. The number of hydrogen-bond donors (Lipinski definition) is 1. The van der Waals surface area contributed by atoms with Gasteiger partial charge in [-0.05, 0) is 44.4 Å². The molecule has 0 spiro atoms. The second-order valence-electron chi connectivity index (χ2n) is 8.10. The maximum atomic E-state index is 12.4. The van der Waals surface area contributed by atoms with E-state index < -0.39 is 5.97 Å². The van der Waals surface area contributed by atoms with Gasteiger partial charge in [0.25, 0.3) is 0 Å². The number of aliphatic carboxylic acids is 1. The normalized spacial score (nSPS) is 21.9. The molecule has 25 heavy (non-hydrogen) atoms. The third-order valence-electron chi connectivity index (χ3n) is 5.40. The first-order chi connectivity index (χ1) is 11.9. The van der Waals surface area contributed by atoms with Crippen LogP contribution in [0.1, 0.15) is 97.8 Å². The van der Waals surface area contributed by atoms with Gasteiger partial charge in [0.1, 0.15) is 6.10 Å². The highest BCUT2D eigenvalue weighted by molar-refractivity contribution is 5.75. The summed E-state index contributed by atoms with van der Waals surface area (Å²) in [6.45, 7) is 6.60. The lowest BCUT2D eigenvalue weighted by molar-refractivity contribution is -0.157. The van der Waals surface area contributed by atoms with Crippen molar-refractivity contribution in [3.05, 3.63) is 0 Å². The molecule has 1 aliphatic rings. The number of ether oxygens (including phenoxy) is 1. The van der Waals surface area contributed by atoms with Gasteiger partial charge in [-0.3, -0.25) is 9.59 Å². The number of unbranched alkanes of at least 4 members (excludes halogenated alkanes) is 4. The van der Waals surface area contributed by atoms with E-state index in [-0.39, 0.29) is 23.9 Å². The highest BCUT2D eigenvalue weighted by atomic mass is 16.5. The Morgan fingerprint density at radius 1 is 1.00 bits per heavy atom. The summed E-state index contributed by atoms with van der Waals surface area (Å²) < 4.78 is 5.69. The number of carboxylic acid groups (broad SMARTS) is 1. The molecule has 1 N–H and O–H groups in total. The van der Waals surface area contributed by atoms with Gasteiger partial charge in [0.05, 0.1) is 11.8 Å². The SMILES string of the molecule is CCC(CCCCCCCC(C)C)OC(=O)C1CCCC(C(=O)O)C1. The molecule has 1 rings (SSSR count). The molecule has 1 fully saturated rings. The molecule has 0 heterocycles. The van der Waals surface area contributed by atoms with Gasteiger partial charge in [-0.15, -0.1) is 0 Å². The fourth-order valence-electron chi connectivity index (χ4n) is 3.69. The van der Waals surface area contributed by atoms with E-state index in [0.717, 1.165) is 38.0 Å². The van der Waals surface area contributed by atoms with Gasteiger partial charge >= 0.3 is 11.9 Å². The van der Waals surface area contributed by atoms with Gasteiger partial charge < -0.3 is 9.84 Å². The minimum atomic E-state index is -0.776. The summed E-state index contributed by atoms with van der Waals surface area (Å²) in [6, 6.07) is 0. The molecule has 0 amide bonds. The van der Waals surface area contributed by atoms with Crippen molar-refractivity contribution < 1.29 is 19.4 Å². The quantitative estimate of drug-likeness (QED) is 0.367. The average Bonchev–Trinajstić information content (AvgIpc) is 2.59. The zero-order valence-electron chi connectivity index (χ0n) is 16.5. The Morgan fingerprint density at radius 2 is 1.60 bits per heavy atom. The smallest absolute Gasteiger partial charge is 0.309 e. The van der Waals surface area contributed by atoms with Crippen LogP contribution in [-0.4, -0.2) is 23.1 Å². The molecular formula is C21H38O4. The third-order valence-corrected chi connectivity index (χ3v) is 5.40. The van der Waals surface area contributed by atoms with Crippen molar-refractivity contribution in [1.82, 2.24) is 0 Å². The molecule has 3 unspecified atom stereocenters. The summed E-state index contributed by atoms with van der Waals surface area (Å²) in [4.78, 5) is 23.5. The molecule has 0 bridgehead atoms. The van der Waals surface area contributed by atoms with Crippen LogP contribution in [0.5, 0.6) is 0 Å². The van der Waals surface area contributed by atoms with Crippen molar-refractivity contribution >= 4 is 11.9 Å². The molecule has 1 saturated carbocycles. The highest BCUT2D eigenvalue weighted by Crippen LogP contribution is 2.30. The second-order valence-corrected chi connectivity index (χ2v) is 8.10. The molecule has 0 radical (unpaired) electrons. The van der Waals surface area contributed by atoms with E-state index in [0.29, 0.717) is 12.8 Å². The van der Waals surface area contributed by atoms with E-state index in [9.17, 15) is 9.59 Å². The highest BCUT2D eigenvalue weighted by Gasteiger charge is 2.32. The molecule has 0 aromatic carbocycles. The van der Waals surface area contributed by atoms with Gasteiger partial charge in [-0.1, -0.05) is 59.3 Å². The Balaban J connectivity index is 2.21. The monoisotopic (exact) mass is 354 g/mol. The van der Waals surface area contributed by atoms with Gasteiger partial charge in [0.2, 0.25) is 0 Å². The number of carbonyl (C=O) groups is 2. The Kier molecular flexibility index (Phi) is 10.8. The number of carboxylic acids is 1. The van der Waals surface area contributed by atoms with Gasteiger partial charge in [0, 0.05) is 0 Å². The molecule has 4 heteroatoms. The zero-order chi connectivity index (χ0) is 18.7. The van der Waals surface area contributed by atoms with Crippen molar-refractivity contribution in [2.24, 2.45) is 17.8 Å². The first-order valence-corrected chi connectivity index (χ1v) is 10.4. The minimum absolute atomic E-state index is 0.00614. The van der Waals surface area contributed by atoms with Crippen LogP contribution in [0.15, 0.2) is 0 Å². The van der Waals surface area contributed by atoms with E-state index in [1.807, 2.05) is 0 Å². The number of rotatable bonds is 12. The van der Waals surface area contributed by atoms with Crippen molar-refractivity contribution in [3.8, 4) is 0 Å². The maximum Gasteiger partial charge on any atom is 0.309 e. The van der Waals surface area contributed by atoms with Crippen LogP contribution in [0.2, 0.25) is 0 Å². The summed E-state index contributed by atoms with van der Waals surface area (Å²) >= 11 is 0. The van der Waals surface area contributed by atoms with E-state index in [2.05, 4.69) is 20.8 Å². The summed E-state index contributed by atoms with van der Waals surface area (Å²) in [5, 5.41) is 9.15. The summed E-state index contributed by atoms with van der Waals surface area (Å²) in [6.07, 6.45) is 12.0. The van der Waals surface area contributed by atoms with E-state index in [1.165, 1.54) is 32.1 Å². The van der Waals surface area contributed by atoms with Crippen LogP contribution in [0.3, 0.4) is 0 Å². The van der Waals surface area contributed by atoms with Gasteiger partial charge in [-0.2, -0.15) is 0 Å². The first kappa shape index (κ1) is 22.0. The Hall–Kier alpha value is -1.06. The molecule has 0 aromatic rings. The lowest BCUT2D eigenvalue weighted by Gasteiger charge is -2.27. The molecule has 146 valence electrons. The summed E-state index contributed by atoms with van der Waals surface area (Å²) in [5.74, 6) is -0.752. The average molecular weight is 355 g/mol. The predicted molar refractivity (Wildman–Crippen MR) is 100 cm³/mol. The molecule has 1 aliphatic carbocycles. The molecule has 0 saturated heterocycles. The number of carbonyl (C=O) groups excluding carboxylic acids is 1. The van der Waals surface area contributed by atoms with E-state index in [1.54, 1.807) is 0 Å². The van der Waals surface area contributed by atoms with E-state index in [4.69, 9.17) is 9.84 Å².